The first-order valence-electron chi connectivity index (χ1n) is 8.26. The number of hydrogen-bond donors (Lipinski definition) is 1. The third kappa shape index (κ3) is 3.53. The molecule has 1 amide bonds. The summed E-state index contributed by atoms with van der Waals surface area (Å²) in [6, 6.07) is 2.24. The maximum absolute atomic E-state index is 12.6. The molecule has 24 heavy (non-hydrogen) atoms. The Kier molecular flexibility index (Phi) is 5.33. The minimum atomic E-state index is -0.0222. The zero-order valence-corrected chi connectivity index (χ0v) is 15.2. The van der Waals surface area contributed by atoms with Crippen LogP contribution < -0.4 is 5.32 Å². The molecule has 1 saturated heterocycles. The third-order valence-corrected chi connectivity index (χ3v) is 5.27. The minimum Gasteiger partial charge on any atom is -0.379 e. The Hall–Kier alpha value is -1.70. The Bertz CT molecular complexity index is 690. The number of ether oxygens (including phenoxy) is 1. The molecule has 0 saturated carbocycles. The molecule has 3 heterocycles. The van der Waals surface area contributed by atoms with E-state index in [0.29, 0.717) is 12.6 Å². The molecule has 1 atom stereocenters. The van der Waals surface area contributed by atoms with E-state index < -0.39 is 0 Å². The van der Waals surface area contributed by atoms with Crippen LogP contribution in [0.15, 0.2) is 17.6 Å². The fourth-order valence-electron chi connectivity index (χ4n) is 3.10. The van der Waals surface area contributed by atoms with Crippen LogP contribution in [0, 0.1) is 13.8 Å². The first-order chi connectivity index (χ1) is 11.6. The van der Waals surface area contributed by atoms with Gasteiger partial charge in [-0.25, -0.2) is 4.98 Å². The Morgan fingerprint density at radius 1 is 1.42 bits per heavy atom. The predicted molar refractivity (Wildman–Crippen MR) is 95.1 cm³/mol. The van der Waals surface area contributed by atoms with Crippen LogP contribution in [-0.2, 0) is 4.74 Å². The summed E-state index contributed by atoms with van der Waals surface area (Å²) >= 11 is 1.57. The monoisotopic (exact) mass is 348 g/mol. The molecule has 3 rings (SSSR count). The van der Waals surface area contributed by atoms with Crippen LogP contribution in [0.5, 0.6) is 0 Å². The number of aromatic nitrogens is 2. The Balaban J connectivity index is 1.66. The van der Waals surface area contributed by atoms with Crippen molar-refractivity contribution in [3.63, 3.8) is 0 Å². The standard InChI is InChI=1S/C17H24N4O2S/c1-12-10-15(14(3)21(12)17-18-4-9-24-17)16(22)19-11-13(2)20-5-7-23-8-6-20/h4,9-10,13H,5-8,11H2,1-3H3,(H,19,22). The lowest BCUT2D eigenvalue weighted by Gasteiger charge is -2.32. The van der Waals surface area contributed by atoms with Gasteiger partial charge >= 0.3 is 0 Å². The molecule has 2 aromatic rings. The van der Waals surface area contributed by atoms with E-state index in [2.05, 4.69) is 22.1 Å². The molecule has 0 aliphatic carbocycles. The van der Waals surface area contributed by atoms with E-state index in [4.69, 9.17) is 4.74 Å². The molecule has 1 unspecified atom stereocenters. The highest BCUT2D eigenvalue weighted by Crippen LogP contribution is 2.22. The van der Waals surface area contributed by atoms with Gasteiger partial charge in [0, 0.05) is 48.6 Å². The zero-order chi connectivity index (χ0) is 17.1. The number of thiazole rings is 1. The minimum absolute atomic E-state index is 0.0222. The van der Waals surface area contributed by atoms with Crippen LogP contribution in [0.1, 0.15) is 28.7 Å². The van der Waals surface area contributed by atoms with Gasteiger partial charge in [-0.2, -0.15) is 0 Å². The quantitative estimate of drug-likeness (QED) is 0.898. The molecule has 1 aliphatic heterocycles. The fraction of sp³-hybridized carbons (Fsp3) is 0.529. The van der Waals surface area contributed by atoms with Crippen LogP contribution in [-0.4, -0.2) is 59.2 Å². The van der Waals surface area contributed by atoms with E-state index in [0.717, 1.165) is 48.4 Å². The molecule has 0 radical (unpaired) electrons. The van der Waals surface area contributed by atoms with Crippen LogP contribution in [0.4, 0.5) is 0 Å². The highest BCUT2D eigenvalue weighted by molar-refractivity contribution is 7.12. The number of carbonyl (C=O) groups is 1. The molecule has 0 bridgehead atoms. The topological polar surface area (TPSA) is 59.4 Å². The van der Waals surface area contributed by atoms with Crippen molar-refractivity contribution in [3.05, 3.63) is 34.6 Å². The van der Waals surface area contributed by atoms with Crippen LogP contribution in [0.2, 0.25) is 0 Å². The highest BCUT2D eigenvalue weighted by Gasteiger charge is 2.20. The summed E-state index contributed by atoms with van der Waals surface area (Å²) in [5.74, 6) is -0.0222. The van der Waals surface area contributed by atoms with Crippen LogP contribution in [0.25, 0.3) is 5.13 Å². The fourth-order valence-corrected chi connectivity index (χ4v) is 3.85. The van der Waals surface area contributed by atoms with Gasteiger partial charge in [-0.15, -0.1) is 11.3 Å². The van der Waals surface area contributed by atoms with Crippen molar-refractivity contribution in [1.29, 1.82) is 0 Å². The second-order valence-corrected chi connectivity index (χ2v) is 7.02. The van der Waals surface area contributed by atoms with Crippen molar-refractivity contribution >= 4 is 17.2 Å². The second kappa shape index (κ2) is 7.46. The van der Waals surface area contributed by atoms with Crippen molar-refractivity contribution in [2.24, 2.45) is 0 Å². The van der Waals surface area contributed by atoms with E-state index in [1.807, 2.05) is 29.9 Å². The number of amides is 1. The molecule has 1 aliphatic rings. The first kappa shape index (κ1) is 17.1. The second-order valence-electron chi connectivity index (χ2n) is 6.14. The molecular formula is C17H24N4O2S. The van der Waals surface area contributed by atoms with Gasteiger partial charge in [0.25, 0.3) is 5.91 Å². The number of nitrogens with one attached hydrogen (secondary N) is 1. The predicted octanol–water partition coefficient (Wildman–Crippen LogP) is 2.00. The van der Waals surface area contributed by atoms with E-state index in [-0.39, 0.29) is 5.91 Å². The first-order valence-corrected chi connectivity index (χ1v) is 9.14. The van der Waals surface area contributed by atoms with Gasteiger partial charge in [0.05, 0.1) is 18.8 Å². The van der Waals surface area contributed by atoms with Crippen molar-refractivity contribution in [3.8, 4) is 5.13 Å². The summed E-state index contributed by atoms with van der Waals surface area (Å²) in [5.41, 5.74) is 2.67. The Morgan fingerprint density at radius 3 is 2.83 bits per heavy atom. The molecule has 7 heteroatoms. The van der Waals surface area contributed by atoms with E-state index >= 15 is 0 Å². The lowest BCUT2D eigenvalue weighted by Crippen LogP contribution is -2.47. The summed E-state index contributed by atoms with van der Waals surface area (Å²) in [6.07, 6.45) is 1.78. The summed E-state index contributed by atoms with van der Waals surface area (Å²) in [5, 5.41) is 5.91. The van der Waals surface area contributed by atoms with Gasteiger partial charge in [-0.1, -0.05) is 0 Å². The van der Waals surface area contributed by atoms with Crippen molar-refractivity contribution < 1.29 is 9.53 Å². The molecule has 0 spiro atoms. The van der Waals surface area contributed by atoms with Gasteiger partial charge in [0.2, 0.25) is 0 Å². The molecule has 2 aromatic heterocycles. The smallest absolute Gasteiger partial charge is 0.253 e. The summed E-state index contributed by atoms with van der Waals surface area (Å²) in [4.78, 5) is 19.3. The van der Waals surface area contributed by atoms with Gasteiger partial charge in [0.15, 0.2) is 5.13 Å². The SMILES string of the molecule is Cc1cc(C(=O)NCC(C)N2CCOCC2)c(C)n1-c1nccs1. The number of nitrogens with zero attached hydrogens (tertiary/aromatic N) is 3. The third-order valence-electron chi connectivity index (χ3n) is 4.51. The van der Waals surface area contributed by atoms with Gasteiger partial charge in [-0.05, 0) is 26.8 Å². The molecular weight excluding hydrogens is 324 g/mol. The average molecular weight is 348 g/mol. The lowest BCUT2D eigenvalue weighted by molar-refractivity contribution is 0.0204. The zero-order valence-electron chi connectivity index (χ0n) is 14.4. The van der Waals surface area contributed by atoms with Crippen molar-refractivity contribution in [2.75, 3.05) is 32.8 Å². The largest absolute Gasteiger partial charge is 0.379 e. The van der Waals surface area contributed by atoms with Gasteiger partial charge in [-0.3, -0.25) is 14.3 Å². The lowest BCUT2D eigenvalue weighted by atomic mass is 10.2. The van der Waals surface area contributed by atoms with Gasteiger partial charge in [0.1, 0.15) is 0 Å². The Morgan fingerprint density at radius 2 is 2.17 bits per heavy atom. The number of aryl methyl sites for hydroxylation is 1. The number of hydrogen-bond acceptors (Lipinski definition) is 5. The summed E-state index contributed by atoms with van der Waals surface area (Å²) in [6.45, 7) is 10.1. The summed E-state index contributed by atoms with van der Waals surface area (Å²) < 4.78 is 7.41. The van der Waals surface area contributed by atoms with Crippen LogP contribution >= 0.6 is 11.3 Å². The summed E-state index contributed by atoms with van der Waals surface area (Å²) in [7, 11) is 0. The molecule has 1 fully saturated rings. The number of carbonyl (C=O) groups excluding carboxylic acids is 1. The molecule has 0 aromatic carbocycles. The number of rotatable bonds is 5. The highest BCUT2D eigenvalue weighted by atomic mass is 32.1. The van der Waals surface area contributed by atoms with Gasteiger partial charge < -0.3 is 10.1 Å². The maximum atomic E-state index is 12.6. The van der Waals surface area contributed by atoms with E-state index in [9.17, 15) is 4.79 Å². The molecule has 1 N–H and O–H groups in total. The maximum Gasteiger partial charge on any atom is 0.253 e. The molecule has 130 valence electrons. The van der Waals surface area contributed by atoms with E-state index in [1.165, 1.54) is 0 Å². The molecule has 6 nitrogen and oxygen atoms in total. The Labute approximate surface area is 146 Å². The van der Waals surface area contributed by atoms with Crippen LogP contribution in [0.3, 0.4) is 0 Å². The van der Waals surface area contributed by atoms with Crippen molar-refractivity contribution in [1.82, 2.24) is 19.8 Å². The normalized spacial score (nSPS) is 17.0. The number of morpholine rings is 1. The van der Waals surface area contributed by atoms with E-state index in [1.54, 1.807) is 17.5 Å². The van der Waals surface area contributed by atoms with Crippen molar-refractivity contribution in [2.45, 2.75) is 26.8 Å². The average Bonchev–Trinajstić information content (AvgIpc) is 3.21.